The van der Waals surface area contributed by atoms with Gasteiger partial charge in [0.05, 0.1) is 25.5 Å². The SMILES string of the molecule is COC(=O)C1(Nc2cccc(Cl)c2)CCC2(CC1)c1ccccc1C[C@@H]2C[C@@H](C)COc1ccnc2c1CCC[C@H]2O[Si](C)(C)C(C)(C)C. The van der Waals surface area contributed by atoms with Crippen molar-refractivity contribution in [2.75, 3.05) is 19.0 Å². The summed E-state index contributed by atoms with van der Waals surface area (Å²) >= 11 is 6.31. The lowest BCUT2D eigenvalue weighted by atomic mass is 9.59. The molecule has 0 saturated heterocycles. The average Bonchev–Trinajstić information content (AvgIpc) is 3.36. The van der Waals surface area contributed by atoms with E-state index in [1.54, 1.807) is 0 Å². The lowest BCUT2D eigenvalue weighted by Crippen LogP contribution is -2.53. The minimum atomic E-state index is -1.94. The highest BCUT2D eigenvalue weighted by atomic mass is 35.5. The Bertz CT molecular complexity index is 1640. The van der Waals surface area contributed by atoms with Crippen LogP contribution in [0.4, 0.5) is 5.69 Å². The van der Waals surface area contributed by atoms with E-state index in [-0.39, 0.29) is 22.5 Å². The molecule has 1 fully saturated rings. The van der Waals surface area contributed by atoms with Gasteiger partial charge in [0.25, 0.3) is 0 Å². The number of rotatable bonds is 10. The van der Waals surface area contributed by atoms with Crippen LogP contribution >= 0.6 is 11.6 Å². The Morgan fingerprint density at radius 2 is 1.84 bits per heavy atom. The molecule has 1 heterocycles. The number of hydrogen-bond acceptors (Lipinski definition) is 6. The molecule has 0 amide bonds. The predicted molar refractivity (Wildman–Crippen MR) is 201 cm³/mol. The van der Waals surface area contributed by atoms with Crippen LogP contribution in [0, 0.1) is 11.8 Å². The first-order valence-electron chi connectivity index (χ1n) is 18.3. The first kappa shape index (κ1) is 35.9. The van der Waals surface area contributed by atoms with E-state index in [1.807, 2.05) is 36.5 Å². The minimum absolute atomic E-state index is 0.0164. The fourth-order valence-electron chi connectivity index (χ4n) is 8.58. The minimum Gasteiger partial charge on any atom is -0.493 e. The first-order valence-corrected chi connectivity index (χ1v) is 21.5. The Balaban J connectivity index is 1.17. The van der Waals surface area contributed by atoms with E-state index in [4.69, 9.17) is 30.5 Å². The Morgan fingerprint density at radius 3 is 2.55 bits per heavy atom. The second-order valence-corrected chi connectivity index (χ2v) is 21.7. The molecule has 0 aliphatic heterocycles. The molecule has 1 saturated carbocycles. The number of benzene rings is 2. The average molecular weight is 703 g/mol. The van der Waals surface area contributed by atoms with E-state index in [2.05, 4.69) is 70.4 Å². The van der Waals surface area contributed by atoms with Crippen LogP contribution in [-0.2, 0) is 32.2 Å². The Labute approximate surface area is 299 Å². The molecule has 6 rings (SSSR count). The molecule has 8 heteroatoms. The van der Waals surface area contributed by atoms with E-state index in [1.165, 1.54) is 23.8 Å². The van der Waals surface area contributed by atoms with Crippen molar-refractivity contribution >= 4 is 31.6 Å². The molecule has 3 aliphatic rings. The van der Waals surface area contributed by atoms with E-state index >= 15 is 0 Å². The molecule has 1 spiro atoms. The van der Waals surface area contributed by atoms with Crippen molar-refractivity contribution in [3.8, 4) is 5.75 Å². The summed E-state index contributed by atoms with van der Waals surface area (Å²) in [6.45, 7) is 14.5. The van der Waals surface area contributed by atoms with Crippen LogP contribution in [0.15, 0.2) is 60.8 Å². The maximum Gasteiger partial charge on any atom is 0.331 e. The Kier molecular flexibility index (Phi) is 10.3. The third-order valence-corrected chi connectivity index (χ3v) is 17.0. The molecule has 2 aromatic carbocycles. The molecular formula is C41H55ClN2O4Si. The molecule has 0 bridgehead atoms. The van der Waals surface area contributed by atoms with Crippen molar-refractivity contribution in [3.63, 3.8) is 0 Å². The molecular weight excluding hydrogens is 648 g/mol. The predicted octanol–water partition coefficient (Wildman–Crippen LogP) is 10.2. The molecule has 264 valence electrons. The lowest BCUT2D eigenvalue weighted by molar-refractivity contribution is -0.148. The lowest BCUT2D eigenvalue weighted by Gasteiger charge is -2.47. The number of hydrogen-bond donors (Lipinski definition) is 1. The second kappa shape index (κ2) is 14.0. The van der Waals surface area contributed by atoms with Gasteiger partial charge in [0.2, 0.25) is 0 Å². The summed E-state index contributed by atoms with van der Waals surface area (Å²) in [7, 11) is -0.447. The van der Waals surface area contributed by atoms with E-state index in [9.17, 15) is 4.79 Å². The van der Waals surface area contributed by atoms with Gasteiger partial charge in [-0.2, -0.15) is 0 Å². The van der Waals surface area contributed by atoms with Gasteiger partial charge in [-0.25, -0.2) is 4.79 Å². The van der Waals surface area contributed by atoms with Crippen LogP contribution in [0.25, 0.3) is 0 Å². The molecule has 1 N–H and O–H groups in total. The number of carbonyl (C=O) groups is 1. The number of anilines is 1. The number of esters is 1. The van der Waals surface area contributed by atoms with Crippen LogP contribution in [0.2, 0.25) is 23.2 Å². The highest BCUT2D eigenvalue weighted by molar-refractivity contribution is 6.74. The fraction of sp³-hybridized carbons (Fsp3) is 0.561. The number of fused-ring (bicyclic) bond motifs is 3. The van der Waals surface area contributed by atoms with E-state index in [0.29, 0.717) is 36.3 Å². The number of nitrogens with zero attached hydrogens (tertiary/aromatic N) is 1. The summed E-state index contributed by atoms with van der Waals surface area (Å²) in [6, 6.07) is 18.6. The van der Waals surface area contributed by atoms with Crippen molar-refractivity contribution in [2.24, 2.45) is 11.8 Å². The molecule has 3 aliphatic carbocycles. The number of carbonyl (C=O) groups excluding carboxylic acids is 1. The normalized spacial score (nSPS) is 25.7. The molecule has 1 aromatic heterocycles. The van der Waals surface area contributed by atoms with Crippen molar-refractivity contribution in [2.45, 2.75) is 121 Å². The number of halogens is 1. The summed E-state index contributed by atoms with van der Waals surface area (Å²) in [4.78, 5) is 18.2. The van der Waals surface area contributed by atoms with Crippen LogP contribution < -0.4 is 10.1 Å². The second-order valence-electron chi connectivity index (χ2n) is 16.5. The zero-order valence-electron chi connectivity index (χ0n) is 30.5. The number of aromatic nitrogens is 1. The zero-order valence-corrected chi connectivity index (χ0v) is 32.3. The number of pyridine rings is 1. The third-order valence-electron chi connectivity index (χ3n) is 12.3. The largest absolute Gasteiger partial charge is 0.493 e. The van der Waals surface area contributed by atoms with Crippen LogP contribution in [0.3, 0.4) is 0 Å². The van der Waals surface area contributed by atoms with Gasteiger partial charge < -0.3 is 19.2 Å². The van der Waals surface area contributed by atoms with Crippen LogP contribution in [0.1, 0.15) is 101 Å². The van der Waals surface area contributed by atoms with Crippen LogP contribution in [-0.4, -0.2) is 38.5 Å². The quantitative estimate of drug-likeness (QED) is 0.168. The van der Waals surface area contributed by atoms with E-state index < -0.39 is 13.9 Å². The van der Waals surface area contributed by atoms with Gasteiger partial charge in [-0.3, -0.25) is 4.98 Å². The van der Waals surface area contributed by atoms with Crippen molar-refractivity contribution < 1.29 is 18.7 Å². The Hall–Kier alpha value is -2.87. The van der Waals surface area contributed by atoms with Crippen molar-refractivity contribution in [1.29, 1.82) is 0 Å². The maximum atomic E-state index is 13.4. The maximum absolute atomic E-state index is 13.4. The van der Waals surface area contributed by atoms with Crippen molar-refractivity contribution in [1.82, 2.24) is 4.98 Å². The molecule has 3 atom stereocenters. The van der Waals surface area contributed by atoms with Gasteiger partial charge >= 0.3 is 5.97 Å². The van der Waals surface area contributed by atoms with Crippen LogP contribution in [0.5, 0.6) is 5.75 Å². The van der Waals surface area contributed by atoms with Gasteiger partial charge in [-0.05, 0) is 129 Å². The van der Waals surface area contributed by atoms with Gasteiger partial charge in [-0.15, -0.1) is 0 Å². The van der Waals surface area contributed by atoms with Crippen molar-refractivity contribution in [3.05, 3.63) is 88.2 Å². The standard InChI is InChI=1S/C41H55ClN2O4Si/c1-28(27-47-35-18-23-43-37-33(35)15-11-17-36(37)48-49(6,7)39(2,3)4)24-30-25-29-12-8-9-16-34(29)40(30)19-21-41(22-20-40,38(45)46-5)44-32-14-10-13-31(42)26-32/h8-10,12-14,16,18,23,26,28,30,36,44H,11,15,17,19-22,24-25,27H2,1-7H3/t28-,30+,36-,40?,41?/m1/s1. The fourth-order valence-corrected chi connectivity index (χ4v) is 10.1. The highest BCUT2D eigenvalue weighted by Gasteiger charge is 2.54. The van der Waals surface area contributed by atoms with Gasteiger partial charge in [-0.1, -0.05) is 69.6 Å². The molecule has 49 heavy (non-hydrogen) atoms. The first-order chi connectivity index (χ1) is 23.3. The summed E-state index contributed by atoms with van der Waals surface area (Å²) < 4.78 is 19.0. The van der Waals surface area contributed by atoms with Gasteiger partial charge in [0.1, 0.15) is 11.3 Å². The number of nitrogens with one attached hydrogen (secondary N) is 1. The number of methoxy groups -OCH3 is 1. The Morgan fingerprint density at radius 1 is 1.08 bits per heavy atom. The summed E-state index contributed by atoms with van der Waals surface area (Å²) in [5, 5.41) is 4.36. The smallest absolute Gasteiger partial charge is 0.331 e. The summed E-state index contributed by atoms with van der Waals surface area (Å²) in [6.07, 6.45) is 10.4. The summed E-state index contributed by atoms with van der Waals surface area (Å²) in [5.41, 5.74) is 5.30. The third kappa shape index (κ3) is 7.18. The highest BCUT2D eigenvalue weighted by Crippen LogP contribution is 2.56. The molecule has 3 aromatic rings. The van der Waals surface area contributed by atoms with E-state index in [0.717, 1.165) is 62.1 Å². The number of ether oxygens (including phenoxy) is 2. The molecule has 0 unspecified atom stereocenters. The molecule has 0 radical (unpaired) electrons. The van der Waals surface area contributed by atoms with Gasteiger partial charge in [0, 0.05) is 22.5 Å². The topological polar surface area (TPSA) is 69.7 Å². The monoisotopic (exact) mass is 702 g/mol. The zero-order chi connectivity index (χ0) is 35.0. The van der Waals surface area contributed by atoms with Gasteiger partial charge in [0.15, 0.2) is 8.32 Å². The summed E-state index contributed by atoms with van der Waals surface area (Å²) in [5.74, 6) is 1.60. The molecule has 6 nitrogen and oxygen atoms in total.